The average Bonchev–Trinajstić information content (AvgIpc) is 3.08. The predicted molar refractivity (Wildman–Crippen MR) is 119 cm³/mol. The molecule has 0 radical (unpaired) electrons. The fourth-order valence-electron chi connectivity index (χ4n) is 3.56. The minimum Gasteiger partial charge on any atom is -0.489 e. The molecule has 0 saturated heterocycles. The fourth-order valence-corrected chi connectivity index (χ4v) is 4.61. The quantitative estimate of drug-likeness (QED) is 0.358. The molecule has 140 valence electrons. The lowest BCUT2D eigenvalue weighted by atomic mass is 10.1. The number of ether oxygens (including phenoxy) is 1. The van der Waals surface area contributed by atoms with Crippen molar-refractivity contribution in [3.05, 3.63) is 113 Å². The molecule has 4 aromatic rings. The van der Waals surface area contributed by atoms with Crippen molar-refractivity contribution < 1.29 is 9.53 Å². The Morgan fingerprint density at radius 2 is 1.62 bits per heavy atom. The zero-order valence-corrected chi connectivity index (χ0v) is 16.5. The number of rotatable bonds is 4. The molecule has 29 heavy (non-hydrogen) atoms. The molecule has 0 atom stereocenters. The van der Waals surface area contributed by atoms with Crippen molar-refractivity contribution in [2.45, 2.75) is 11.5 Å². The topological polar surface area (TPSA) is 26.3 Å². The van der Waals surface area contributed by atoms with Gasteiger partial charge < -0.3 is 4.74 Å². The summed E-state index contributed by atoms with van der Waals surface area (Å²) in [6.45, 7) is 0.500. The Hall–Kier alpha value is -3.30. The second kappa shape index (κ2) is 7.61. The Morgan fingerprint density at radius 3 is 2.55 bits per heavy atom. The van der Waals surface area contributed by atoms with Crippen LogP contribution in [0.3, 0.4) is 0 Å². The summed E-state index contributed by atoms with van der Waals surface area (Å²) < 4.78 is 6.07. The van der Waals surface area contributed by atoms with Crippen LogP contribution in [0, 0.1) is 0 Å². The van der Waals surface area contributed by atoms with Crippen molar-refractivity contribution in [2.75, 3.05) is 0 Å². The van der Waals surface area contributed by atoms with Crippen molar-refractivity contribution in [1.29, 1.82) is 0 Å². The Labute approximate surface area is 173 Å². The normalized spacial score (nSPS) is 14.3. The lowest BCUT2D eigenvalue weighted by molar-refractivity contribution is 0.104. The molecule has 2 nitrogen and oxygen atoms in total. The van der Waals surface area contributed by atoms with Gasteiger partial charge in [0.05, 0.1) is 4.91 Å². The molecule has 1 aliphatic rings. The molecule has 0 N–H and O–H groups in total. The van der Waals surface area contributed by atoms with E-state index < -0.39 is 0 Å². The van der Waals surface area contributed by atoms with Gasteiger partial charge in [0.15, 0.2) is 0 Å². The van der Waals surface area contributed by atoms with Gasteiger partial charge in [-0.2, -0.15) is 0 Å². The van der Waals surface area contributed by atoms with Crippen LogP contribution in [0.2, 0.25) is 0 Å². The molecular weight excluding hydrogens is 376 g/mol. The Morgan fingerprint density at radius 1 is 0.828 bits per heavy atom. The molecule has 0 unspecified atom stereocenters. The maximum Gasteiger partial charge on any atom is 0.200 e. The van der Waals surface area contributed by atoms with E-state index >= 15 is 0 Å². The van der Waals surface area contributed by atoms with E-state index in [4.69, 9.17) is 4.74 Å². The molecule has 0 fully saturated rings. The molecule has 3 heteroatoms. The highest BCUT2D eigenvalue weighted by Crippen LogP contribution is 2.40. The van der Waals surface area contributed by atoms with E-state index in [0.29, 0.717) is 6.61 Å². The zero-order chi connectivity index (χ0) is 19.6. The number of fused-ring (bicyclic) bond motifs is 2. The van der Waals surface area contributed by atoms with Gasteiger partial charge in [0, 0.05) is 10.5 Å². The van der Waals surface area contributed by atoms with Crippen LogP contribution in [0.15, 0.2) is 101 Å². The van der Waals surface area contributed by atoms with E-state index in [2.05, 4.69) is 30.3 Å². The molecule has 1 aliphatic heterocycles. The molecule has 4 aromatic carbocycles. The van der Waals surface area contributed by atoms with Crippen molar-refractivity contribution in [1.82, 2.24) is 0 Å². The number of Topliss-reactive ketones (excluding diaryl/α,β-unsaturated/α-hetero) is 1. The SMILES string of the molecule is O=C1C(=Cc2cccc(OCc3cccc4ccccc34)c2)Sc2ccccc21. The van der Waals surface area contributed by atoms with Crippen LogP contribution in [0.5, 0.6) is 5.75 Å². The molecule has 0 aromatic heterocycles. The standard InChI is InChI=1S/C26H18O2S/c27-26-23-13-3-4-14-24(23)29-25(26)16-18-7-5-11-21(15-18)28-17-20-10-6-9-19-8-1-2-12-22(19)20/h1-16H,17H2. The molecule has 5 rings (SSSR count). The maximum atomic E-state index is 12.6. The zero-order valence-electron chi connectivity index (χ0n) is 15.7. The largest absolute Gasteiger partial charge is 0.489 e. The van der Waals surface area contributed by atoms with Gasteiger partial charge in [-0.3, -0.25) is 4.79 Å². The van der Waals surface area contributed by atoms with Gasteiger partial charge in [0.1, 0.15) is 12.4 Å². The third kappa shape index (κ3) is 3.57. The second-order valence-electron chi connectivity index (χ2n) is 6.94. The molecule has 0 saturated carbocycles. The van der Waals surface area contributed by atoms with Crippen LogP contribution < -0.4 is 4.74 Å². The summed E-state index contributed by atoms with van der Waals surface area (Å²) in [5.41, 5.74) is 2.90. The van der Waals surface area contributed by atoms with E-state index in [0.717, 1.165) is 32.2 Å². The summed E-state index contributed by atoms with van der Waals surface area (Å²) in [6.07, 6.45) is 1.94. The Bertz CT molecular complexity index is 1250. The van der Waals surface area contributed by atoms with Crippen LogP contribution in [-0.2, 0) is 6.61 Å². The molecule has 0 amide bonds. The van der Waals surface area contributed by atoms with Crippen LogP contribution >= 0.6 is 11.8 Å². The summed E-state index contributed by atoms with van der Waals surface area (Å²) in [6, 6.07) is 30.2. The number of thioether (sulfide) groups is 1. The van der Waals surface area contributed by atoms with Gasteiger partial charge in [-0.25, -0.2) is 0 Å². The minimum atomic E-state index is 0.0904. The first-order valence-electron chi connectivity index (χ1n) is 9.51. The number of ketones is 1. The lowest BCUT2D eigenvalue weighted by Gasteiger charge is -2.10. The summed E-state index contributed by atoms with van der Waals surface area (Å²) in [7, 11) is 0. The third-order valence-corrected chi connectivity index (χ3v) is 6.10. The van der Waals surface area contributed by atoms with Crippen LogP contribution in [0.4, 0.5) is 0 Å². The van der Waals surface area contributed by atoms with Crippen molar-refractivity contribution in [3.63, 3.8) is 0 Å². The summed E-state index contributed by atoms with van der Waals surface area (Å²) in [5.74, 6) is 0.882. The highest BCUT2D eigenvalue weighted by molar-refractivity contribution is 8.04. The highest BCUT2D eigenvalue weighted by Gasteiger charge is 2.25. The third-order valence-electron chi connectivity index (χ3n) is 5.01. The van der Waals surface area contributed by atoms with Crippen LogP contribution in [0.1, 0.15) is 21.5 Å². The van der Waals surface area contributed by atoms with E-state index in [9.17, 15) is 4.79 Å². The lowest BCUT2D eigenvalue weighted by Crippen LogP contribution is -1.97. The van der Waals surface area contributed by atoms with E-state index in [1.54, 1.807) is 0 Å². The first-order valence-corrected chi connectivity index (χ1v) is 10.3. The van der Waals surface area contributed by atoms with Gasteiger partial charge in [0.25, 0.3) is 0 Å². The van der Waals surface area contributed by atoms with Crippen LogP contribution in [-0.4, -0.2) is 5.78 Å². The summed E-state index contributed by atoms with van der Waals surface area (Å²) in [4.78, 5) is 14.4. The van der Waals surface area contributed by atoms with Gasteiger partial charge in [-0.05, 0) is 52.2 Å². The first-order chi connectivity index (χ1) is 14.3. The van der Waals surface area contributed by atoms with Crippen molar-refractivity contribution >= 4 is 34.4 Å². The number of carbonyl (C=O) groups excluding carboxylic acids is 1. The first kappa shape index (κ1) is 17.8. The van der Waals surface area contributed by atoms with E-state index in [-0.39, 0.29) is 5.78 Å². The predicted octanol–water partition coefficient (Wildman–Crippen LogP) is 6.75. The molecule has 0 aliphatic carbocycles. The summed E-state index contributed by atoms with van der Waals surface area (Å²) in [5, 5.41) is 2.42. The van der Waals surface area contributed by atoms with Gasteiger partial charge in [0.2, 0.25) is 5.78 Å². The average molecular weight is 394 g/mol. The smallest absolute Gasteiger partial charge is 0.200 e. The number of hydrogen-bond acceptors (Lipinski definition) is 3. The van der Waals surface area contributed by atoms with Gasteiger partial charge >= 0.3 is 0 Å². The van der Waals surface area contributed by atoms with Crippen molar-refractivity contribution in [2.24, 2.45) is 0 Å². The van der Waals surface area contributed by atoms with E-state index in [1.807, 2.05) is 66.7 Å². The van der Waals surface area contributed by atoms with Crippen LogP contribution in [0.25, 0.3) is 16.8 Å². The number of benzene rings is 4. The molecule has 0 bridgehead atoms. The second-order valence-corrected chi connectivity index (χ2v) is 8.02. The van der Waals surface area contributed by atoms with E-state index in [1.165, 1.54) is 22.5 Å². The Balaban J connectivity index is 1.36. The fraction of sp³-hybridized carbons (Fsp3) is 0.0385. The minimum absolute atomic E-state index is 0.0904. The number of hydrogen-bond donors (Lipinski definition) is 0. The monoisotopic (exact) mass is 394 g/mol. The maximum absolute atomic E-state index is 12.6. The van der Waals surface area contributed by atoms with Gasteiger partial charge in [-0.1, -0.05) is 78.5 Å². The number of carbonyl (C=O) groups is 1. The van der Waals surface area contributed by atoms with Crippen molar-refractivity contribution in [3.8, 4) is 5.75 Å². The molecule has 1 heterocycles. The highest BCUT2D eigenvalue weighted by atomic mass is 32.2. The Kier molecular flexibility index (Phi) is 4.66. The van der Waals surface area contributed by atoms with Gasteiger partial charge in [-0.15, -0.1) is 0 Å². The number of allylic oxidation sites excluding steroid dienone is 1. The summed E-state index contributed by atoms with van der Waals surface area (Å²) >= 11 is 1.53. The molecule has 0 spiro atoms. The molecular formula is C26H18O2S.